The molecule has 0 radical (unpaired) electrons. The van der Waals surface area contributed by atoms with E-state index in [0.717, 1.165) is 24.5 Å². The number of aromatic nitrogens is 4. The molecule has 0 aliphatic heterocycles. The average molecular weight is 291 g/mol. The molecule has 1 N–H and O–H groups in total. The lowest BCUT2D eigenvalue weighted by Crippen LogP contribution is -2.26. The lowest BCUT2D eigenvalue weighted by atomic mass is 10.1. The maximum atomic E-state index is 13.0. The topological polar surface area (TPSA) is 55.6 Å². The summed E-state index contributed by atoms with van der Waals surface area (Å²) in [4.78, 5) is 8.53. The highest BCUT2D eigenvalue weighted by Crippen LogP contribution is 2.17. The molecule has 0 saturated carbocycles. The Morgan fingerprint density at radius 1 is 1.29 bits per heavy atom. The van der Waals surface area contributed by atoms with Gasteiger partial charge in [0.25, 0.3) is 0 Å². The zero-order valence-corrected chi connectivity index (χ0v) is 12.8. The Kier molecular flexibility index (Phi) is 5.38. The zero-order valence-electron chi connectivity index (χ0n) is 12.8. The second kappa shape index (κ2) is 7.26. The lowest BCUT2D eigenvalue weighted by molar-refractivity contribution is 0.457. The minimum atomic E-state index is -0.321. The standard InChI is InChI=1S/C15H22FN5/c1-4-7-17-14(13-6-5-12(16)9-18-13)8-15-19-10-20-21(15)11(2)3/h5-6,9-11,14,17H,4,7-8H2,1-3H3. The van der Waals surface area contributed by atoms with Crippen molar-refractivity contribution in [2.45, 2.75) is 45.7 Å². The van der Waals surface area contributed by atoms with E-state index in [-0.39, 0.29) is 17.9 Å². The molecule has 0 aromatic carbocycles. The zero-order chi connectivity index (χ0) is 15.2. The maximum Gasteiger partial charge on any atom is 0.141 e. The van der Waals surface area contributed by atoms with Crippen LogP contribution in [0.3, 0.4) is 0 Å². The van der Waals surface area contributed by atoms with Crippen LogP contribution >= 0.6 is 0 Å². The van der Waals surface area contributed by atoms with Crippen molar-refractivity contribution in [1.29, 1.82) is 0 Å². The number of hydrogen-bond acceptors (Lipinski definition) is 4. The fraction of sp³-hybridized carbons (Fsp3) is 0.533. The van der Waals surface area contributed by atoms with Gasteiger partial charge in [0.15, 0.2) is 0 Å². The smallest absolute Gasteiger partial charge is 0.141 e. The Bertz CT molecular complexity index is 549. The summed E-state index contributed by atoms with van der Waals surface area (Å²) in [5.74, 6) is 0.586. The Balaban J connectivity index is 2.19. The molecule has 0 saturated heterocycles. The van der Waals surface area contributed by atoms with Crippen molar-refractivity contribution < 1.29 is 4.39 Å². The molecule has 6 heteroatoms. The third kappa shape index (κ3) is 4.07. The summed E-state index contributed by atoms with van der Waals surface area (Å²) in [5, 5.41) is 7.70. The molecule has 2 aromatic heterocycles. The van der Waals surface area contributed by atoms with Crippen LogP contribution in [0.1, 0.15) is 50.8 Å². The summed E-state index contributed by atoms with van der Waals surface area (Å²) in [5.41, 5.74) is 0.822. The molecule has 2 heterocycles. The van der Waals surface area contributed by atoms with E-state index in [1.807, 2.05) is 4.68 Å². The maximum absolute atomic E-state index is 13.0. The van der Waals surface area contributed by atoms with Crippen LogP contribution in [0.15, 0.2) is 24.7 Å². The van der Waals surface area contributed by atoms with Gasteiger partial charge < -0.3 is 5.32 Å². The van der Waals surface area contributed by atoms with Gasteiger partial charge in [-0.1, -0.05) is 6.92 Å². The van der Waals surface area contributed by atoms with Crippen LogP contribution in [0.4, 0.5) is 4.39 Å². The highest BCUT2D eigenvalue weighted by Gasteiger charge is 2.17. The first-order valence-corrected chi connectivity index (χ1v) is 7.35. The molecule has 1 atom stereocenters. The Morgan fingerprint density at radius 3 is 2.71 bits per heavy atom. The molecule has 0 aliphatic rings. The minimum Gasteiger partial charge on any atom is -0.308 e. The summed E-state index contributed by atoms with van der Waals surface area (Å²) in [6.07, 6.45) is 4.53. The van der Waals surface area contributed by atoms with Gasteiger partial charge in [0.05, 0.1) is 17.9 Å². The minimum absolute atomic E-state index is 0.00671. The van der Waals surface area contributed by atoms with Crippen LogP contribution in [-0.2, 0) is 6.42 Å². The van der Waals surface area contributed by atoms with E-state index in [1.54, 1.807) is 12.4 Å². The van der Waals surface area contributed by atoms with Crippen molar-refractivity contribution in [2.75, 3.05) is 6.54 Å². The number of halogens is 1. The van der Waals surface area contributed by atoms with Crippen LogP contribution < -0.4 is 5.32 Å². The predicted molar refractivity (Wildman–Crippen MR) is 79.3 cm³/mol. The normalized spacial score (nSPS) is 12.8. The first kappa shape index (κ1) is 15.6. The molecule has 0 spiro atoms. The quantitative estimate of drug-likeness (QED) is 0.852. The fourth-order valence-corrected chi connectivity index (χ4v) is 2.23. The molecule has 1 unspecified atom stereocenters. The van der Waals surface area contributed by atoms with Crippen LogP contribution in [0.25, 0.3) is 0 Å². The van der Waals surface area contributed by atoms with Crippen molar-refractivity contribution in [1.82, 2.24) is 25.1 Å². The largest absolute Gasteiger partial charge is 0.308 e. The van der Waals surface area contributed by atoms with Crippen molar-refractivity contribution in [3.05, 3.63) is 42.0 Å². The molecule has 21 heavy (non-hydrogen) atoms. The number of pyridine rings is 1. The summed E-state index contributed by atoms with van der Waals surface area (Å²) < 4.78 is 14.9. The Morgan fingerprint density at radius 2 is 2.10 bits per heavy atom. The lowest BCUT2D eigenvalue weighted by Gasteiger charge is -2.19. The second-order valence-electron chi connectivity index (χ2n) is 5.33. The van der Waals surface area contributed by atoms with Gasteiger partial charge in [-0.05, 0) is 38.9 Å². The van der Waals surface area contributed by atoms with E-state index in [2.05, 4.69) is 41.2 Å². The van der Waals surface area contributed by atoms with Gasteiger partial charge in [-0.25, -0.2) is 14.1 Å². The van der Waals surface area contributed by atoms with Crippen molar-refractivity contribution >= 4 is 0 Å². The summed E-state index contributed by atoms with van der Waals surface area (Å²) in [7, 11) is 0. The van der Waals surface area contributed by atoms with Crippen LogP contribution in [-0.4, -0.2) is 26.3 Å². The molecule has 2 aromatic rings. The highest BCUT2D eigenvalue weighted by atomic mass is 19.1. The molecule has 5 nitrogen and oxygen atoms in total. The molecule has 2 rings (SSSR count). The molecular formula is C15H22FN5. The summed E-state index contributed by atoms with van der Waals surface area (Å²) in [6, 6.07) is 3.43. The second-order valence-corrected chi connectivity index (χ2v) is 5.33. The first-order valence-electron chi connectivity index (χ1n) is 7.35. The van der Waals surface area contributed by atoms with Crippen molar-refractivity contribution in [3.63, 3.8) is 0 Å². The highest BCUT2D eigenvalue weighted by molar-refractivity contribution is 5.12. The Labute approximate surface area is 124 Å². The monoisotopic (exact) mass is 291 g/mol. The van der Waals surface area contributed by atoms with Gasteiger partial charge in [0, 0.05) is 12.5 Å². The van der Waals surface area contributed by atoms with Gasteiger partial charge in [0.2, 0.25) is 0 Å². The third-order valence-electron chi connectivity index (χ3n) is 3.27. The SMILES string of the molecule is CCCNC(Cc1ncnn1C(C)C)c1ccc(F)cn1. The molecule has 114 valence electrons. The van der Waals surface area contributed by atoms with Gasteiger partial charge >= 0.3 is 0 Å². The number of nitrogens with zero attached hydrogens (tertiary/aromatic N) is 4. The van der Waals surface area contributed by atoms with E-state index in [9.17, 15) is 4.39 Å². The van der Waals surface area contributed by atoms with E-state index in [1.165, 1.54) is 12.3 Å². The molecule has 0 fully saturated rings. The van der Waals surface area contributed by atoms with Crippen LogP contribution in [0.5, 0.6) is 0 Å². The molecule has 0 bridgehead atoms. The van der Waals surface area contributed by atoms with Gasteiger partial charge in [0.1, 0.15) is 18.0 Å². The van der Waals surface area contributed by atoms with E-state index < -0.39 is 0 Å². The van der Waals surface area contributed by atoms with Gasteiger partial charge in [-0.3, -0.25) is 4.98 Å². The predicted octanol–water partition coefficient (Wildman–Crippen LogP) is 2.68. The van der Waals surface area contributed by atoms with Crippen LogP contribution in [0.2, 0.25) is 0 Å². The molecular weight excluding hydrogens is 269 g/mol. The summed E-state index contributed by atoms with van der Waals surface area (Å²) >= 11 is 0. The Hall–Kier alpha value is -1.82. The molecule has 0 amide bonds. The third-order valence-corrected chi connectivity index (χ3v) is 3.27. The van der Waals surface area contributed by atoms with Gasteiger partial charge in [-0.2, -0.15) is 5.10 Å². The number of hydrogen-bond donors (Lipinski definition) is 1. The molecule has 0 aliphatic carbocycles. The average Bonchev–Trinajstić information content (AvgIpc) is 2.93. The summed E-state index contributed by atoms with van der Waals surface area (Å²) in [6.45, 7) is 7.13. The van der Waals surface area contributed by atoms with Gasteiger partial charge in [-0.15, -0.1) is 0 Å². The number of rotatable bonds is 7. The van der Waals surface area contributed by atoms with E-state index >= 15 is 0 Å². The van der Waals surface area contributed by atoms with Crippen molar-refractivity contribution in [2.24, 2.45) is 0 Å². The van der Waals surface area contributed by atoms with E-state index in [4.69, 9.17) is 0 Å². The fourth-order valence-electron chi connectivity index (χ4n) is 2.23. The number of nitrogens with one attached hydrogen (secondary N) is 1. The van der Waals surface area contributed by atoms with Crippen molar-refractivity contribution in [3.8, 4) is 0 Å². The van der Waals surface area contributed by atoms with Crippen LogP contribution in [0, 0.1) is 5.82 Å². The van der Waals surface area contributed by atoms with E-state index in [0.29, 0.717) is 6.42 Å². The first-order chi connectivity index (χ1) is 10.1.